The maximum Gasteiger partial charge on any atom is 0.329 e. The molecule has 3 aliphatic rings. The molecule has 1 saturated carbocycles. The number of ether oxygens (including phenoxy) is 1. The Hall–Kier alpha value is -2.96. The van der Waals surface area contributed by atoms with Crippen LogP contribution in [-0.2, 0) is 14.3 Å². The number of allylic oxidation sites excluding steroid dienone is 2. The fraction of sp³-hybridized carbons (Fsp3) is 0.455. The van der Waals surface area contributed by atoms with E-state index in [0.717, 1.165) is 49.1 Å². The number of amides is 3. The van der Waals surface area contributed by atoms with Crippen LogP contribution in [0.5, 0.6) is 0 Å². The first-order chi connectivity index (χ1) is 14.0. The molecule has 3 amide bonds. The zero-order chi connectivity index (χ0) is 20.5. The van der Waals surface area contributed by atoms with Crippen LogP contribution in [0, 0.1) is 0 Å². The van der Waals surface area contributed by atoms with E-state index in [9.17, 15) is 19.2 Å². The Kier molecular flexibility index (Phi) is 5.22. The second kappa shape index (κ2) is 7.81. The van der Waals surface area contributed by atoms with Crippen LogP contribution in [0.2, 0.25) is 0 Å². The third-order valence-electron chi connectivity index (χ3n) is 5.65. The van der Waals surface area contributed by atoms with Crippen molar-refractivity contribution in [2.24, 2.45) is 0 Å². The first-order valence-corrected chi connectivity index (χ1v) is 10.1. The summed E-state index contributed by atoms with van der Waals surface area (Å²) in [7, 11) is 0. The van der Waals surface area contributed by atoms with Gasteiger partial charge in [0.2, 0.25) is 0 Å². The molecule has 1 heterocycles. The largest absolute Gasteiger partial charge is 0.454 e. The summed E-state index contributed by atoms with van der Waals surface area (Å²) in [5, 5.41) is 0. The first kappa shape index (κ1) is 19.4. The minimum absolute atomic E-state index is 0.194. The molecule has 0 aromatic heterocycles. The van der Waals surface area contributed by atoms with Crippen molar-refractivity contribution in [1.82, 2.24) is 9.80 Å². The molecule has 0 N–H and O–H groups in total. The van der Waals surface area contributed by atoms with Crippen molar-refractivity contribution in [3.8, 4) is 0 Å². The molecule has 1 aromatic carbocycles. The summed E-state index contributed by atoms with van der Waals surface area (Å²) in [5.74, 6) is -2.05. The van der Waals surface area contributed by atoms with Crippen molar-refractivity contribution in [2.45, 2.75) is 57.5 Å². The lowest BCUT2D eigenvalue weighted by atomic mass is 10.0. The molecule has 0 radical (unpaired) electrons. The number of hydrogen-bond donors (Lipinski definition) is 0. The van der Waals surface area contributed by atoms with Crippen LogP contribution in [0.3, 0.4) is 0 Å². The zero-order valence-corrected chi connectivity index (χ0v) is 16.4. The molecule has 0 spiro atoms. The average Bonchev–Trinajstić information content (AvgIpc) is 3.54. The van der Waals surface area contributed by atoms with Gasteiger partial charge >= 0.3 is 5.97 Å². The van der Waals surface area contributed by atoms with E-state index in [4.69, 9.17) is 4.74 Å². The molecule has 0 saturated heterocycles. The Morgan fingerprint density at radius 1 is 1.14 bits per heavy atom. The molecule has 1 fully saturated rings. The Morgan fingerprint density at radius 2 is 1.79 bits per heavy atom. The molecular weight excluding hydrogens is 372 g/mol. The second-order valence-electron chi connectivity index (χ2n) is 7.75. The number of carbonyl (C=O) groups excluding carboxylic acids is 4. The number of benzene rings is 1. The highest BCUT2D eigenvalue weighted by Gasteiger charge is 2.42. The van der Waals surface area contributed by atoms with E-state index in [1.165, 1.54) is 6.92 Å². The Labute approximate surface area is 169 Å². The number of rotatable bonds is 6. The predicted molar refractivity (Wildman–Crippen MR) is 104 cm³/mol. The molecule has 152 valence electrons. The van der Waals surface area contributed by atoms with Gasteiger partial charge in [-0.25, -0.2) is 4.79 Å². The van der Waals surface area contributed by atoms with Gasteiger partial charge in [0.1, 0.15) is 6.04 Å². The van der Waals surface area contributed by atoms with Gasteiger partial charge in [-0.15, -0.1) is 0 Å². The standard InChI is InChI=1S/C22H24N2O5/c1-14(23-20(26)17-9-5-6-10-18(17)21(23)27)22(28)29-13-19(25)24(16-11-12-16)15-7-3-2-4-8-15/h5-7,9-10,14,16H,2-4,8,11-13H2,1H3/t14-/m0/s1. The molecule has 2 aliphatic carbocycles. The first-order valence-electron chi connectivity index (χ1n) is 10.1. The van der Waals surface area contributed by atoms with Crippen LogP contribution in [0.4, 0.5) is 0 Å². The third-order valence-corrected chi connectivity index (χ3v) is 5.65. The lowest BCUT2D eigenvalue weighted by Crippen LogP contribution is -2.45. The molecule has 4 rings (SSSR count). The van der Waals surface area contributed by atoms with E-state index in [-0.39, 0.29) is 29.7 Å². The lowest BCUT2D eigenvalue weighted by molar-refractivity contribution is -0.154. The molecule has 7 nitrogen and oxygen atoms in total. The fourth-order valence-corrected chi connectivity index (χ4v) is 3.96. The summed E-state index contributed by atoms with van der Waals surface area (Å²) in [6.07, 6.45) is 8.03. The smallest absolute Gasteiger partial charge is 0.329 e. The van der Waals surface area contributed by atoms with E-state index in [1.54, 1.807) is 29.2 Å². The van der Waals surface area contributed by atoms with Gasteiger partial charge in [0.15, 0.2) is 6.61 Å². The van der Waals surface area contributed by atoms with Crippen LogP contribution in [0.1, 0.15) is 66.2 Å². The van der Waals surface area contributed by atoms with Crippen LogP contribution >= 0.6 is 0 Å². The van der Waals surface area contributed by atoms with Crippen LogP contribution < -0.4 is 0 Å². The predicted octanol–water partition coefficient (Wildman–Crippen LogP) is 2.66. The summed E-state index contributed by atoms with van der Waals surface area (Å²) in [5.41, 5.74) is 1.57. The fourth-order valence-electron chi connectivity index (χ4n) is 3.96. The third kappa shape index (κ3) is 3.69. The summed E-state index contributed by atoms with van der Waals surface area (Å²) in [6, 6.07) is 5.55. The van der Waals surface area contributed by atoms with Gasteiger partial charge in [-0.3, -0.25) is 19.3 Å². The van der Waals surface area contributed by atoms with Crippen molar-refractivity contribution in [3.05, 3.63) is 47.2 Å². The highest BCUT2D eigenvalue weighted by molar-refractivity contribution is 6.22. The van der Waals surface area contributed by atoms with Crippen LogP contribution in [-0.4, -0.2) is 52.2 Å². The Morgan fingerprint density at radius 3 is 2.34 bits per heavy atom. The number of nitrogens with zero attached hydrogens (tertiary/aromatic N) is 2. The molecule has 0 bridgehead atoms. The number of esters is 1. The maximum atomic E-state index is 12.7. The minimum atomic E-state index is -1.10. The molecule has 1 aliphatic heterocycles. The minimum Gasteiger partial charge on any atom is -0.454 e. The average molecular weight is 396 g/mol. The van der Waals surface area contributed by atoms with Crippen molar-refractivity contribution in [3.63, 3.8) is 0 Å². The highest BCUT2D eigenvalue weighted by atomic mass is 16.5. The van der Waals surface area contributed by atoms with Gasteiger partial charge in [0.25, 0.3) is 17.7 Å². The van der Waals surface area contributed by atoms with Gasteiger partial charge in [0, 0.05) is 11.7 Å². The molecule has 29 heavy (non-hydrogen) atoms. The van der Waals surface area contributed by atoms with E-state index >= 15 is 0 Å². The summed E-state index contributed by atoms with van der Waals surface area (Å²) in [4.78, 5) is 53.0. The number of imide groups is 1. The molecule has 0 unspecified atom stereocenters. The highest BCUT2D eigenvalue weighted by Crippen LogP contribution is 2.33. The maximum absolute atomic E-state index is 12.7. The summed E-state index contributed by atoms with van der Waals surface area (Å²) < 4.78 is 5.22. The summed E-state index contributed by atoms with van der Waals surface area (Å²) in [6.45, 7) is 1.05. The number of hydrogen-bond acceptors (Lipinski definition) is 5. The Bertz CT molecular complexity index is 867. The normalized spacial score (nSPS) is 19.5. The SMILES string of the molecule is C[C@@H](C(=O)OCC(=O)N(C1=CCCCC1)C1CC1)N1C(=O)c2ccccc2C1=O. The topological polar surface area (TPSA) is 84.0 Å². The quantitative estimate of drug-likeness (QED) is 0.545. The summed E-state index contributed by atoms with van der Waals surface area (Å²) >= 11 is 0. The molecular formula is C22H24N2O5. The van der Waals surface area contributed by atoms with Gasteiger partial charge < -0.3 is 9.64 Å². The van der Waals surface area contributed by atoms with Crippen molar-refractivity contribution < 1.29 is 23.9 Å². The molecule has 1 atom stereocenters. The number of carbonyl (C=O) groups is 4. The van der Waals surface area contributed by atoms with Crippen LogP contribution in [0.25, 0.3) is 0 Å². The van der Waals surface area contributed by atoms with Gasteiger partial charge in [0.05, 0.1) is 11.1 Å². The lowest BCUT2D eigenvalue weighted by Gasteiger charge is -2.28. The van der Waals surface area contributed by atoms with Crippen molar-refractivity contribution >= 4 is 23.7 Å². The van der Waals surface area contributed by atoms with Gasteiger partial charge in [-0.05, 0) is 57.6 Å². The van der Waals surface area contributed by atoms with E-state index < -0.39 is 23.8 Å². The van der Waals surface area contributed by atoms with Gasteiger partial charge in [-0.1, -0.05) is 18.2 Å². The van der Waals surface area contributed by atoms with E-state index in [2.05, 4.69) is 6.08 Å². The van der Waals surface area contributed by atoms with E-state index in [1.807, 2.05) is 0 Å². The Balaban J connectivity index is 1.39. The van der Waals surface area contributed by atoms with Crippen molar-refractivity contribution in [1.29, 1.82) is 0 Å². The van der Waals surface area contributed by atoms with Crippen molar-refractivity contribution in [2.75, 3.05) is 6.61 Å². The zero-order valence-electron chi connectivity index (χ0n) is 16.4. The molecule has 1 aromatic rings. The number of fused-ring (bicyclic) bond motifs is 1. The molecule has 7 heteroatoms. The second-order valence-corrected chi connectivity index (χ2v) is 7.75. The monoisotopic (exact) mass is 396 g/mol. The van der Waals surface area contributed by atoms with Gasteiger partial charge in [-0.2, -0.15) is 0 Å². The van der Waals surface area contributed by atoms with Crippen LogP contribution in [0.15, 0.2) is 36.0 Å². The van der Waals surface area contributed by atoms with E-state index in [0.29, 0.717) is 0 Å².